The Bertz CT molecular complexity index is 557. The molecule has 144 valence electrons. The van der Waals surface area contributed by atoms with Gasteiger partial charge in [-0.05, 0) is 44.7 Å². The first-order valence-electron chi connectivity index (χ1n) is 10.3. The van der Waals surface area contributed by atoms with E-state index in [1.807, 2.05) is 12.1 Å². The van der Waals surface area contributed by atoms with Gasteiger partial charge in [0.15, 0.2) is 0 Å². The van der Waals surface area contributed by atoms with Gasteiger partial charge in [0.25, 0.3) is 5.91 Å². The van der Waals surface area contributed by atoms with Crippen molar-refractivity contribution >= 4 is 11.7 Å². The van der Waals surface area contributed by atoms with Crippen LogP contribution in [0.25, 0.3) is 0 Å². The van der Waals surface area contributed by atoms with Crippen molar-refractivity contribution in [3.05, 3.63) is 23.9 Å². The second-order valence-electron chi connectivity index (χ2n) is 7.99. The van der Waals surface area contributed by atoms with E-state index in [4.69, 9.17) is 4.74 Å². The summed E-state index contributed by atoms with van der Waals surface area (Å²) < 4.78 is 5.77. The maximum absolute atomic E-state index is 12.4. The highest BCUT2D eigenvalue weighted by Gasteiger charge is 2.23. The fraction of sp³-hybridized carbons (Fsp3) is 0.714. The molecule has 1 aliphatic carbocycles. The second-order valence-corrected chi connectivity index (χ2v) is 7.99. The lowest BCUT2D eigenvalue weighted by Gasteiger charge is -2.36. The Labute approximate surface area is 157 Å². The number of hydrogen-bond acceptors (Lipinski definition) is 4. The van der Waals surface area contributed by atoms with E-state index in [1.54, 1.807) is 6.20 Å². The molecule has 1 saturated heterocycles. The number of hydrogen-bond donors (Lipinski definition) is 1. The van der Waals surface area contributed by atoms with Crippen LogP contribution in [-0.4, -0.2) is 42.7 Å². The smallest absolute Gasteiger partial charge is 0.252 e. The number of anilines is 1. The quantitative estimate of drug-likeness (QED) is 0.889. The molecule has 0 bridgehead atoms. The van der Waals surface area contributed by atoms with E-state index in [0.29, 0.717) is 11.5 Å². The molecule has 5 nitrogen and oxygen atoms in total. The molecule has 1 N–H and O–H groups in total. The number of pyridine rings is 1. The number of rotatable bonds is 4. The Morgan fingerprint density at radius 1 is 1.12 bits per heavy atom. The molecule has 1 aromatic heterocycles. The first kappa shape index (κ1) is 19.2. The van der Waals surface area contributed by atoms with E-state index >= 15 is 0 Å². The van der Waals surface area contributed by atoms with Crippen LogP contribution in [0, 0.1) is 5.92 Å². The van der Waals surface area contributed by atoms with Gasteiger partial charge in [-0.15, -0.1) is 0 Å². The Morgan fingerprint density at radius 3 is 2.38 bits per heavy atom. The van der Waals surface area contributed by atoms with E-state index in [2.05, 4.69) is 29.0 Å². The van der Waals surface area contributed by atoms with Crippen molar-refractivity contribution in [1.82, 2.24) is 10.3 Å². The predicted molar refractivity (Wildman–Crippen MR) is 105 cm³/mol. The van der Waals surface area contributed by atoms with Gasteiger partial charge in [-0.2, -0.15) is 0 Å². The highest BCUT2D eigenvalue weighted by atomic mass is 16.5. The molecule has 0 spiro atoms. The minimum absolute atomic E-state index is 0.00479. The van der Waals surface area contributed by atoms with Crippen LogP contribution in [0.2, 0.25) is 0 Å². The fourth-order valence-electron chi connectivity index (χ4n) is 4.16. The highest BCUT2D eigenvalue weighted by molar-refractivity contribution is 5.94. The lowest BCUT2D eigenvalue weighted by Crippen LogP contribution is -2.45. The molecular formula is C21H33N3O2. The summed E-state index contributed by atoms with van der Waals surface area (Å²) in [7, 11) is 0. The third-order valence-corrected chi connectivity index (χ3v) is 5.53. The number of amides is 1. The Hall–Kier alpha value is -1.62. The number of nitrogens with zero attached hydrogens (tertiary/aromatic N) is 2. The molecule has 0 unspecified atom stereocenters. The molecule has 0 aromatic carbocycles. The topological polar surface area (TPSA) is 54.5 Å². The number of morpholine rings is 1. The lowest BCUT2D eigenvalue weighted by molar-refractivity contribution is -0.00546. The number of ether oxygens (including phenoxy) is 1. The molecule has 2 aliphatic rings. The average molecular weight is 360 g/mol. The van der Waals surface area contributed by atoms with E-state index in [1.165, 1.54) is 44.9 Å². The number of nitrogens with one attached hydrogen (secondary N) is 1. The van der Waals surface area contributed by atoms with Crippen molar-refractivity contribution in [2.45, 2.75) is 71.0 Å². The van der Waals surface area contributed by atoms with Crippen LogP contribution in [0.5, 0.6) is 0 Å². The first-order chi connectivity index (χ1) is 12.6. The summed E-state index contributed by atoms with van der Waals surface area (Å²) >= 11 is 0. The zero-order valence-corrected chi connectivity index (χ0v) is 16.2. The summed E-state index contributed by atoms with van der Waals surface area (Å²) in [5, 5.41) is 3.12. The summed E-state index contributed by atoms with van der Waals surface area (Å²) in [4.78, 5) is 19.2. The maximum Gasteiger partial charge on any atom is 0.252 e. The summed E-state index contributed by atoms with van der Waals surface area (Å²) in [6, 6.07) is 3.84. The molecule has 1 saturated carbocycles. The third-order valence-electron chi connectivity index (χ3n) is 5.53. The van der Waals surface area contributed by atoms with Gasteiger partial charge in [0.2, 0.25) is 0 Å². The van der Waals surface area contributed by atoms with E-state index < -0.39 is 0 Å². The summed E-state index contributed by atoms with van der Waals surface area (Å²) in [6.07, 6.45) is 11.2. The molecule has 1 amide bonds. The molecule has 2 atom stereocenters. The van der Waals surface area contributed by atoms with Crippen molar-refractivity contribution in [2.24, 2.45) is 5.92 Å². The average Bonchev–Trinajstić information content (AvgIpc) is 2.60. The second kappa shape index (κ2) is 9.36. The van der Waals surface area contributed by atoms with Crippen LogP contribution in [0.3, 0.4) is 0 Å². The first-order valence-corrected chi connectivity index (χ1v) is 10.3. The van der Waals surface area contributed by atoms with Crippen LogP contribution in [-0.2, 0) is 4.74 Å². The molecule has 3 rings (SSSR count). The minimum Gasteiger partial charge on any atom is -0.372 e. The molecule has 2 heterocycles. The van der Waals surface area contributed by atoms with Crippen molar-refractivity contribution in [3.63, 3.8) is 0 Å². The monoisotopic (exact) mass is 359 g/mol. The molecular weight excluding hydrogens is 326 g/mol. The highest BCUT2D eigenvalue weighted by Crippen LogP contribution is 2.22. The van der Waals surface area contributed by atoms with Gasteiger partial charge in [-0.1, -0.05) is 32.1 Å². The standard InChI is InChI=1S/C21H33N3O2/c1-16-14-24(15-17(2)26-16)20-11-10-19(13-22-20)21(25)23-12-18-8-6-4-3-5-7-9-18/h10-11,13,16-18H,3-9,12,14-15H2,1-2H3,(H,23,25)/t16-,17+. The summed E-state index contributed by atoms with van der Waals surface area (Å²) in [6.45, 7) is 6.63. The van der Waals surface area contributed by atoms with Gasteiger partial charge in [0.1, 0.15) is 5.82 Å². The van der Waals surface area contributed by atoms with Gasteiger partial charge in [-0.25, -0.2) is 4.98 Å². The van der Waals surface area contributed by atoms with E-state index in [-0.39, 0.29) is 18.1 Å². The van der Waals surface area contributed by atoms with Gasteiger partial charge < -0.3 is 15.0 Å². The van der Waals surface area contributed by atoms with E-state index in [0.717, 1.165) is 25.5 Å². The third kappa shape index (κ3) is 5.44. The molecule has 5 heteroatoms. The SMILES string of the molecule is C[C@@H]1CN(c2ccc(C(=O)NCC3CCCCCCC3)cn2)C[C@H](C)O1. The molecule has 1 aliphatic heterocycles. The van der Waals surface area contributed by atoms with Gasteiger partial charge >= 0.3 is 0 Å². The van der Waals surface area contributed by atoms with Crippen molar-refractivity contribution < 1.29 is 9.53 Å². The number of carbonyl (C=O) groups excluding carboxylic acids is 1. The van der Waals surface area contributed by atoms with Crippen LogP contribution in [0.1, 0.15) is 69.2 Å². The summed E-state index contributed by atoms with van der Waals surface area (Å²) in [5.41, 5.74) is 0.647. The van der Waals surface area contributed by atoms with Crippen LogP contribution in [0.4, 0.5) is 5.82 Å². The van der Waals surface area contributed by atoms with Crippen molar-refractivity contribution in [3.8, 4) is 0 Å². The maximum atomic E-state index is 12.4. The molecule has 26 heavy (non-hydrogen) atoms. The van der Waals surface area contributed by atoms with Gasteiger partial charge in [0, 0.05) is 25.8 Å². The minimum atomic E-state index is -0.00479. The summed E-state index contributed by atoms with van der Waals surface area (Å²) in [5.74, 6) is 1.54. The molecule has 1 aromatic rings. The molecule has 2 fully saturated rings. The molecule has 0 radical (unpaired) electrons. The Balaban J connectivity index is 1.51. The number of aromatic nitrogens is 1. The predicted octanol–water partition coefficient (Wildman–Crippen LogP) is 3.79. The van der Waals surface area contributed by atoms with Crippen molar-refractivity contribution in [1.29, 1.82) is 0 Å². The number of carbonyl (C=O) groups is 1. The van der Waals surface area contributed by atoms with Gasteiger partial charge in [-0.3, -0.25) is 4.79 Å². The van der Waals surface area contributed by atoms with Gasteiger partial charge in [0.05, 0.1) is 17.8 Å². The lowest BCUT2D eigenvalue weighted by atomic mass is 9.91. The van der Waals surface area contributed by atoms with E-state index in [9.17, 15) is 4.79 Å². The van der Waals surface area contributed by atoms with Crippen molar-refractivity contribution in [2.75, 3.05) is 24.5 Å². The zero-order chi connectivity index (χ0) is 18.4. The largest absolute Gasteiger partial charge is 0.372 e. The normalized spacial score (nSPS) is 25.4. The van der Waals surface area contributed by atoms with Crippen LogP contribution >= 0.6 is 0 Å². The zero-order valence-electron chi connectivity index (χ0n) is 16.2. The Morgan fingerprint density at radius 2 is 1.77 bits per heavy atom. The van der Waals surface area contributed by atoms with Crippen LogP contribution in [0.15, 0.2) is 18.3 Å². The fourth-order valence-corrected chi connectivity index (χ4v) is 4.16. The Kier molecular flexibility index (Phi) is 6.89. The van der Waals surface area contributed by atoms with Crippen LogP contribution < -0.4 is 10.2 Å².